The van der Waals surface area contributed by atoms with Gasteiger partial charge in [-0.2, -0.15) is 0 Å². The molecule has 2 N–H and O–H groups in total. The quantitative estimate of drug-likeness (QED) is 0.398. The highest BCUT2D eigenvalue weighted by Crippen LogP contribution is 2.54. The fourth-order valence-electron chi connectivity index (χ4n) is 4.09. The van der Waals surface area contributed by atoms with Gasteiger partial charge in [0.1, 0.15) is 5.01 Å². The van der Waals surface area contributed by atoms with E-state index in [-0.39, 0.29) is 24.0 Å². The number of rotatable bonds is 5. The average Bonchev–Trinajstić information content (AvgIpc) is 3.20. The van der Waals surface area contributed by atoms with E-state index >= 15 is 0 Å². The van der Waals surface area contributed by atoms with Crippen molar-refractivity contribution < 1.29 is 4.74 Å². The van der Waals surface area contributed by atoms with Crippen molar-refractivity contribution in [2.75, 3.05) is 13.7 Å². The minimum absolute atomic E-state index is 0. The van der Waals surface area contributed by atoms with Gasteiger partial charge in [0.15, 0.2) is 5.96 Å². The third-order valence-corrected chi connectivity index (χ3v) is 6.26. The summed E-state index contributed by atoms with van der Waals surface area (Å²) in [5, 5.41) is 10.2. The second-order valence-electron chi connectivity index (χ2n) is 6.63. The number of aliphatic imine (C=N–C) groups is 1. The van der Waals surface area contributed by atoms with Crippen LogP contribution in [0.2, 0.25) is 0 Å². The highest BCUT2D eigenvalue weighted by molar-refractivity contribution is 14.0. The van der Waals surface area contributed by atoms with Crippen molar-refractivity contribution in [2.45, 2.75) is 64.6 Å². The summed E-state index contributed by atoms with van der Waals surface area (Å²) < 4.78 is 5.98. The van der Waals surface area contributed by atoms with Crippen LogP contribution >= 0.6 is 35.3 Å². The molecule has 1 heterocycles. The second kappa shape index (κ2) is 8.80. The van der Waals surface area contributed by atoms with Gasteiger partial charge in [0.25, 0.3) is 0 Å². The number of nitrogens with zero attached hydrogens (tertiary/aromatic N) is 2. The Balaban J connectivity index is 0.00000208. The Hall–Kier alpha value is -0.410. The summed E-state index contributed by atoms with van der Waals surface area (Å²) >= 11 is 1.69. The highest BCUT2D eigenvalue weighted by atomic mass is 127. The monoisotopic (exact) mass is 464 g/mol. The van der Waals surface area contributed by atoms with Gasteiger partial charge in [0.2, 0.25) is 0 Å². The first-order valence-corrected chi connectivity index (χ1v) is 9.55. The zero-order valence-corrected chi connectivity index (χ0v) is 17.9. The predicted octanol–water partition coefficient (Wildman–Crippen LogP) is 3.47. The van der Waals surface area contributed by atoms with Crippen LogP contribution < -0.4 is 10.6 Å². The maximum absolute atomic E-state index is 5.98. The molecule has 2 fully saturated rings. The van der Waals surface area contributed by atoms with Gasteiger partial charge in [-0.25, -0.2) is 4.98 Å². The largest absolute Gasteiger partial charge is 0.378 e. The first-order chi connectivity index (χ1) is 11.2. The molecule has 0 radical (unpaired) electrons. The van der Waals surface area contributed by atoms with E-state index in [0.29, 0.717) is 17.6 Å². The Morgan fingerprint density at radius 2 is 2.21 bits per heavy atom. The van der Waals surface area contributed by atoms with Crippen LogP contribution in [0.3, 0.4) is 0 Å². The normalized spacial score (nSPS) is 25.2. The van der Waals surface area contributed by atoms with Gasteiger partial charge in [-0.05, 0) is 33.1 Å². The summed E-state index contributed by atoms with van der Waals surface area (Å²) in [6.45, 7) is 5.67. The summed E-state index contributed by atoms with van der Waals surface area (Å²) in [7, 11) is 1.84. The van der Waals surface area contributed by atoms with Crippen molar-refractivity contribution in [1.29, 1.82) is 0 Å². The van der Waals surface area contributed by atoms with Crippen LogP contribution in [0, 0.1) is 12.3 Å². The number of hydrogen-bond donors (Lipinski definition) is 2. The molecule has 136 valence electrons. The molecule has 2 aliphatic rings. The van der Waals surface area contributed by atoms with Crippen LogP contribution in [0.5, 0.6) is 0 Å². The number of guanidine groups is 1. The van der Waals surface area contributed by atoms with Crippen LogP contribution in [0.15, 0.2) is 10.4 Å². The molecule has 2 atom stereocenters. The van der Waals surface area contributed by atoms with E-state index in [1.807, 2.05) is 14.0 Å². The first-order valence-electron chi connectivity index (χ1n) is 8.67. The summed E-state index contributed by atoms with van der Waals surface area (Å²) in [6.07, 6.45) is 6.71. The number of halogens is 1. The van der Waals surface area contributed by atoms with E-state index in [2.05, 4.69) is 32.9 Å². The predicted molar refractivity (Wildman–Crippen MR) is 110 cm³/mol. The molecule has 2 saturated carbocycles. The maximum atomic E-state index is 5.98. The molecule has 5 nitrogen and oxygen atoms in total. The minimum Gasteiger partial charge on any atom is -0.378 e. The number of aryl methyl sites for hydroxylation is 1. The number of thiazole rings is 1. The van der Waals surface area contributed by atoms with Gasteiger partial charge in [-0.1, -0.05) is 12.8 Å². The van der Waals surface area contributed by atoms with E-state index in [1.165, 1.54) is 25.7 Å². The van der Waals surface area contributed by atoms with Crippen molar-refractivity contribution in [3.05, 3.63) is 16.1 Å². The van der Waals surface area contributed by atoms with Crippen LogP contribution in [0.25, 0.3) is 0 Å². The van der Waals surface area contributed by atoms with Gasteiger partial charge < -0.3 is 15.4 Å². The summed E-state index contributed by atoms with van der Waals surface area (Å²) in [5.41, 5.74) is 1.41. The molecular weight excluding hydrogens is 435 g/mol. The molecular formula is C17H29IN4OS. The molecule has 24 heavy (non-hydrogen) atoms. The van der Waals surface area contributed by atoms with Crippen LogP contribution in [0.4, 0.5) is 0 Å². The number of nitrogens with one attached hydrogen (secondary N) is 2. The smallest absolute Gasteiger partial charge is 0.191 e. The highest BCUT2D eigenvalue weighted by Gasteiger charge is 2.56. The molecule has 0 saturated heterocycles. The van der Waals surface area contributed by atoms with Crippen LogP contribution in [-0.2, 0) is 11.3 Å². The maximum Gasteiger partial charge on any atom is 0.191 e. The lowest BCUT2D eigenvalue weighted by molar-refractivity contribution is -0.125. The van der Waals surface area contributed by atoms with E-state index in [9.17, 15) is 0 Å². The topological polar surface area (TPSA) is 58.5 Å². The molecule has 2 unspecified atom stereocenters. The summed E-state index contributed by atoms with van der Waals surface area (Å²) in [6, 6.07) is 0.478. The molecule has 0 aliphatic heterocycles. The van der Waals surface area contributed by atoms with Crippen molar-refractivity contribution in [2.24, 2.45) is 10.4 Å². The van der Waals surface area contributed by atoms with Gasteiger partial charge in [0.05, 0.1) is 12.6 Å². The molecule has 0 aromatic carbocycles. The number of hydrogen-bond acceptors (Lipinski definition) is 4. The summed E-state index contributed by atoms with van der Waals surface area (Å²) in [4.78, 5) is 8.88. The van der Waals surface area contributed by atoms with E-state index in [0.717, 1.165) is 36.2 Å². The Morgan fingerprint density at radius 1 is 1.46 bits per heavy atom. The van der Waals surface area contributed by atoms with E-state index in [4.69, 9.17) is 4.74 Å². The molecule has 1 spiro atoms. The van der Waals surface area contributed by atoms with E-state index in [1.54, 1.807) is 11.3 Å². The van der Waals surface area contributed by atoms with Crippen LogP contribution in [0.1, 0.15) is 49.7 Å². The number of aromatic nitrogens is 1. The standard InChI is InChI=1S/C17H28N4OS.HI/c1-4-22-14-9-13(17(14)7-5-6-8-17)21-16(18-3)19-10-15-20-12(2)11-23-15;/h11,13-14H,4-10H2,1-3H3,(H2,18,19,21);1H. The van der Waals surface area contributed by atoms with Gasteiger partial charge in [-0.15, -0.1) is 35.3 Å². The fourth-order valence-corrected chi connectivity index (χ4v) is 4.80. The molecule has 0 amide bonds. The minimum atomic E-state index is 0. The fraction of sp³-hybridized carbons (Fsp3) is 0.765. The Morgan fingerprint density at radius 3 is 2.79 bits per heavy atom. The summed E-state index contributed by atoms with van der Waals surface area (Å²) in [5.74, 6) is 0.879. The lowest BCUT2D eigenvalue weighted by Crippen LogP contribution is -2.65. The van der Waals surface area contributed by atoms with Crippen molar-refractivity contribution in [1.82, 2.24) is 15.6 Å². The lowest BCUT2D eigenvalue weighted by Gasteiger charge is -2.54. The second-order valence-corrected chi connectivity index (χ2v) is 7.57. The Labute approximate surface area is 166 Å². The zero-order valence-electron chi connectivity index (χ0n) is 14.8. The van der Waals surface area contributed by atoms with Crippen molar-refractivity contribution in [3.63, 3.8) is 0 Å². The SMILES string of the molecule is CCOC1CC(NC(=NC)NCc2nc(C)cs2)C12CCCC2.I. The van der Waals surface area contributed by atoms with Gasteiger partial charge in [0, 0.05) is 36.2 Å². The average molecular weight is 464 g/mol. The van der Waals surface area contributed by atoms with Crippen molar-refractivity contribution in [3.8, 4) is 0 Å². The Kier molecular flexibility index (Phi) is 7.30. The first kappa shape index (κ1) is 19.9. The number of ether oxygens (including phenoxy) is 1. The van der Waals surface area contributed by atoms with Gasteiger partial charge in [-0.3, -0.25) is 4.99 Å². The molecule has 2 aliphatic carbocycles. The molecule has 1 aromatic rings. The molecule has 0 bridgehead atoms. The third kappa shape index (κ3) is 4.04. The molecule has 7 heteroatoms. The Bertz CT molecular complexity index is 557. The third-order valence-electron chi connectivity index (χ3n) is 5.30. The van der Waals surface area contributed by atoms with Gasteiger partial charge >= 0.3 is 0 Å². The van der Waals surface area contributed by atoms with Crippen LogP contribution in [-0.4, -0.2) is 36.7 Å². The molecule has 1 aromatic heterocycles. The lowest BCUT2D eigenvalue weighted by atomic mass is 9.60. The van der Waals surface area contributed by atoms with Crippen molar-refractivity contribution >= 4 is 41.3 Å². The molecule has 3 rings (SSSR count). The zero-order chi connectivity index (χ0) is 16.3. The van der Waals surface area contributed by atoms with E-state index < -0.39 is 0 Å².